The summed E-state index contributed by atoms with van der Waals surface area (Å²) in [6, 6.07) is 0. The van der Waals surface area contributed by atoms with Crippen molar-refractivity contribution in [1.29, 1.82) is 0 Å². The number of hydrogen-bond acceptors (Lipinski definition) is 5. The standard InChI is InChI=1S/C46H72N2O4S/c1-31(2)34-14-21-46(47-24-25-48-26-28-53(51,52)29-27-48)23-22-43(6)36(39(34)46)10-11-38-42(5)17-15-35(41(3,4)37(42)16-18-44(38,43)7)33-12-19-45(20-13-33,40(49)50)30-32-8-9-32/h12,15,32,34,36-39,47H,1,8-11,13-14,16-30H2,2-7H3,(H,49,50)/t34-,36+,37-,38+,39+,42-,43+,44+,45?,46-/m0/s1. The highest BCUT2D eigenvalue weighted by molar-refractivity contribution is 7.91. The van der Waals surface area contributed by atoms with Crippen LogP contribution in [0.3, 0.4) is 0 Å². The fourth-order valence-corrected chi connectivity index (χ4v) is 16.8. The van der Waals surface area contributed by atoms with Gasteiger partial charge in [0.2, 0.25) is 0 Å². The number of carboxylic acids is 1. The van der Waals surface area contributed by atoms with Crippen molar-refractivity contribution in [3.8, 4) is 0 Å². The molecule has 53 heavy (non-hydrogen) atoms. The van der Waals surface area contributed by atoms with E-state index in [1.165, 1.54) is 75.4 Å². The topological polar surface area (TPSA) is 86.7 Å². The number of carboxylic acid groups (broad SMARTS) is 1. The summed E-state index contributed by atoms with van der Waals surface area (Å²) in [4.78, 5) is 14.9. The Morgan fingerprint density at radius 2 is 1.62 bits per heavy atom. The predicted octanol–water partition coefficient (Wildman–Crippen LogP) is 9.23. The summed E-state index contributed by atoms with van der Waals surface area (Å²) >= 11 is 0. The molecule has 0 spiro atoms. The molecule has 1 heterocycles. The van der Waals surface area contributed by atoms with Gasteiger partial charge in [-0.25, -0.2) is 8.42 Å². The van der Waals surface area contributed by atoms with Crippen LogP contribution in [0, 0.1) is 62.6 Å². The van der Waals surface area contributed by atoms with Crippen molar-refractivity contribution in [3.63, 3.8) is 0 Å². The van der Waals surface area contributed by atoms with E-state index in [-0.39, 0.29) is 16.4 Å². The summed E-state index contributed by atoms with van der Waals surface area (Å²) in [7, 11) is -2.86. The maximum Gasteiger partial charge on any atom is 0.309 e. The first-order valence-corrected chi connectivity index (χ1v) is 23.7. The molecule has 8 aliphatic rings. The molecule has 10 atom stereocenters. The van der Waals surface area contributed by atoms with E-state index < -0.39 is 21.2 Å². The van der Waals surface area contributed by atoms with Gasteiger partial charge in [0.25, 0.3) is 0 Å². The van der Waals surface area contributed by atoms with Crippen LogP contribution in [0.1, 0.15) is 138 Å². The number of carbonyl (C=O) groups is 1. The molecule has 0 amide bonds. The van der Waals surface area contributed by atoms with Crippen LogP contribution in [-0.2, 0) is 14.6 Å². The molecule has 0 radical (unpaired) electrons. The Hall–Kier alpha value is -1.44. The molecule has 0 bridgehead atoms. The minimum Gasteiger partial charge on any atom is -0.481 e. The lowest BCUT2D eigenvalue weighted by molar-refractivity contribution is -0.221. The van der Waals surface area contributed by atoms with Crippen LogP contribution in [0.15, 0.2) is 35.5 Å². The van der Waals surface area contributed by atoms with Crippen LogP contribution in [0.25, 0.3) is 0 Å². The fourth-order valence-electron chi connectivity index (χ4n) is 15.5. The number of fused-ring (bicyclic) bond motifs is 7. The number of sulfone groups is 1. The van der Waals surface area contributed by atoms with E-state index in [9.17, 15) is 18.3 Å². The van der Waals surface area contributed by atoms with Crippen molar-refractivity contribution in [1.82, 2.24) is 10.2 Å². The minimum atomic E-state index is -2.86. The van der Waals surface area contributed by atoms with Gasteiger partial charge < -0.3 is 15.3 Å². The lowest BCUT2D eigenvalue weighted by atomic mass is 9.33. The van der Waals surface area contributed by atoms with Crippen molar-refractivity contribution in [3.05, 3.63) is 35.5 Å². The molecule has 6 nitrogen and oxygen atoms in total. The van der Waals surface area contributed by atoms with Gasteiger partial charge >= 0.3 is 5.97 Å². The van der Waals surface area contributed by atoms with E-state index in [1.54, 1.807) is 5.57 Å². The molecule has 1 unspecified atom stereocenters. The molecular weight excluding hydrogens is 677 g/mol. The Morgan fingerprint density at radius 3 is 2.26 bits per heavy atom. The molecule has 2 N–H and O–H groups in total. The monoisotopic (exact) mass is 749 g/mol. The van der Waals surface area contributed by atoms with Crippen LogP contribution >= 0.6 is 0 Å². The molecule has 296 valence electrons. The van der Waals surface area contributed by atoms with Crippen LogP contribution in [-0.4, -0.2) is 67.6 Å². The van der Waals surface area contributed by atoms with E-state index in [0.717, 1.165) is 38.8 Å². The summed E-state index contributed by atoms with van der Waals surface area (Å²) in [5.74, 6) is 3.89. The van der Waals surface area contributed by atoms with Gasteiger partial charge in [0.15, 0.2) is 9.84 Å². The SMILES string of the molecule is C=C(C)[C@@H]1CC[C@]2(NCCN3CCS(=O)(=O)CC3)CC[C@]3(C)[C@H](CC[C@@H]4[C@@]5(C)CC=C(C6=CCC(CC7CC7)(C(=O)O)CC6)C(C)(C)[C@@H]5CC[C@]43C)[C@@H]12. The molecule has 7 heteroatoms. The molecule has 0 aromatic rings. The zero-order valence-corrected chi connectivity index (χ0v) is 35.0. The molecule has 1 saturated heterocycles. The number of rotatable bonds is 9. The third-order valence-electron chi connectivity index (χ3n) is 18.8. The van der Waals surface area contributed by atoms with Gasteiger partial charge in [0.1, 0.15) is 0 Å². The summed E-state index contributed by atoms with van der Waals surface area (Å²) in [6.45, 7) is 23.4. The zero-order chi connectivity index (χ0) is 37.8. The number of hydrogen-bond donors (Lipinski definition) is 2. The minimum absolute atomic E-state index is 0.0817. The Balaban J connectivity index is 1.03. The summed E-state index contributed by atoms with van der Waals surface area (Å²) in [5, 5.41) is 14.6. The third-order valence-corrected chi connectivity index (χ3v) is 20.4. The van der Waals surface area contributed by atoms with Gasteiger partial charge in [-0.05, 0) is 159 Å². The first-order valence-electron chi connectivity index (χ1n) is 21.9. The van der Waals surface area contributed by atoms with Crippen LogP contribution < -0.4 is 5.32 Å². The zero-order valence-electron chi connectivity index (χ0n) is 34.2. The largest absolute Gasteiger partial charge is 0.481 e. The van der Waals surface area contributed by atoms with Gasteiger partial charge in [-0.2, -0.15) is 0 Å². The van der Waals surface area contributed by atoms with Crippen LogP contribution in [0.5, 0.6) is 0 Å². The van der Waals surface area contributed by atoms with E-state index >= 15 is 0 Å². The first-order chi connectivity index (χ1) is 24.9. The number of nitrogens with one attached hydrogen (secondary N) is 1. The molecule has 8 rings (SSSR count). The van der Waals surface area contributed by atoms with Gasteiger partial charge in [-0.15, -0.1) is 0 Å². The Kier molecular flexibility index (Phi) is 9.46. The second-order valence-corrected chi connectivity index (χ2v) is 23.8. The van der Waals surface area contributed by atoms with Crippen LogP contribution in [0.4, 0.5) is 0 Å². The highest BCUT2D eigenvalue weighted by Crippen LogP contribution is 2.76. The van der Waals surface area contributed by atoms with Crippen LogP contribution in [0.2, 0.25) is 0 Å². The van der Waals surface area contributed by atoms with E-state index in [0.29, 0.717) is 77.4 Å². The Morgan fingerprint density at radius 1 is 0.887 bits per heavy atom. The summed E-state index contributed by atoms with van der Waals surface area (Å²) < 4.78 is 24.1. The predicted molar refractivity (Wildman–Crippen MR) is 215 cm³/mol. The third kappa shape index (κ3) is 6.03. The smallest absolute Gasteiger partial charge is 0.309 e. The second kappa shape index (κ2) is 13.0. The average molecular weight is 749 g/mol. The van der Waals surface area contributed by atoms with Crippen molar-refractivity contribution in [2.75, 3.05) is 37.7 Å². The first kappa shape index (κ1) is 38.4. The van der Waals surface area contributed by atoms with Gasteiger partial charge in [-0.1, -0.05) is 71.8 Å². The summed E-state index contributed by atoms with van der Waals surface area (Å²) in [5.41, 5.74) is 4.93. The summed E-state index contributed by atoms with van der Waals surface area (Å²) in [6.07, 6.45) is 22.2. The number of allylic oxidation sites excluding steroid dienone is 5. The maximum atomic E-state index is 12.6. The number of nitrogens with zero attached hydrogens (tertiary/aromatic N) is 1. The molecule has 5 saturated carbocycles. The lowest BCUT2D eigenvalue weighted by Gasteiger charge is -2.72. The van der Waals surface area contributed by atoms with E-state index in [1.807, 2.05) is 0 Å². The molecule has 0 aromatic carbocycles. The molecule has 6 fully saturated rings. The van der Waals surface area contributed by atoms with Crippen molar-refractivity contribution < 1.29 is 18.3 Å². The molecule has 0 aromatic heterocycles. The maximum absolute atomic E-state index is 12.6. The fraction of sp³-hybridized carbons (Fsp3) is 0.848. The molecule has 7 aliphatic carbocycles. The quantitative estimate of drug-likeness (QED) is 0.229. The Bertz CT molecular complexity index is 1660. The van der Waals surface area contributed by atoms with Gasteiger partial charge in [0, 0.05) is 31.7 Å². The van der Waals surface area contributed by atoms with Crippen molar-refractivity contribution >= 4 is 15.8 Å². The van der Waals surface area contributed by atoms with Crippen molar-refractivity contribution in [2.24, 2.45) is 62.6 Å². The molecule has 1 aliphatic heterocycles. The van der Waals surface area contributed by atoms with E-state index in [2.05, 4.69) is 70.5 Å². The van der Waals surface area contributed by atoms with Gasteiger partial charge in [-0.3, -0.25) is 4.79 Å². The normalized spacial score (nSPS) is 46.2. The number of aliphatic carboxylic acids is 1. The Labute approximate surface area is 322 Å². The average Bonchev–Trinajstić information content (AvgIpc) is 3.82. The highest BCUT2D eigenvalue weighted by atomic mass is 32.2. The second-order valence-electron chi connectivity index (χ2n) is 21.5. The van der Waals surface area contributed by atoms with E-state index in [4.69, 9.17) is 0 Å². The van der Waals surface area contributed by atoms with Crippen molar-refractivity contribution in [2.45, 2.75) is 143 Å². The lowest BCUT2D eigenvalue weighted by Crippen LogP contribution is -2.68. The highest BCUT2D eigenvalue weighted by Gasteiger charge is 2.70. The molecular formula is C46H72N2O4S. The van der Waals surface area contributed by atoms with Gasteiger partial charge in [0.05, 0.1) is 16.9 Å².